The van der Waals surface area contributed by atoms with Crippen molar-refractivity contribution in [1.29, 1.82) is 0 Å². The molecule has 3 fully saturated rings. The number of oxazole rings is 1. The Balaban J connectivity index is 1.10. The van der Waals surface area contributed by atoms with Crippen molar-refractivity contribution in [3.05, 3.63) is 155 Å². The van der Waals surface area contributed by atoms with Gasteiger partial charge in [0.2, 0.25) is 29.5 Å². The highest BCUT2D eigenvalue weighted by Gasteiger charge is 2.70. The third-order valence-electron chi connectivity index (χ3n) is 12.2. The highest BCUT2D eigenvalue weighted by molar-refractivity contribution is 6.32. The number of nitrogens with zero attached hydrogens (tertiary/aromatic N) is 3. The van der Waals surface area contributed by atoms with Crippen LogP contribution < -0.4 is 9.80 Å². The van der Waals surface area contributed by atoms with Crippen molar-refractivity contribution < 1.29 is 33.1 Å². The number of phenols is 1. The van der Waals surface area contributed by atoms with E-state index in [1.165, 1.54) is 17.0 Å². The van der Waals surface area contributed by atoms with Gasteiger partial charge in [-0.05, 0) is 85.0 Å². The number of phenolic OH excluding ortho intramolecular Hbond substituents is 1. The Morgan fingerprint density at radius 2 is 1.52 bits per heavy atom. The van der Waals surface area contributed by atoms with Crippen molar-refractivity contribution in [3.63, 3.8) is 0 Å². The average Bonchev–Trinajstić information content (AvgIpc) is 3.83. The van der Waals surface area contributed by atoms with Gasteiger partial charge in [0.1, 0.15) is 5.52 Å². The van der Waals surface area contributed by atoms with E-state index in [9.17, 15) is 19.5 Å². The first kappa shape index (κ1) is 34.1. The van der Waals surface area contributed by atoms with Gasteiger partial charge in [-0.3, -0.25) is 24.1 Å². The molecule has 9 nitrogen and oxygen atoms in total. The fraction of sp³-hybridized carbons (Fsp3) is 0.178. The predicted octanol–water partition coefficient (Wildman–Crippen LogP) is 8.36. The van der Waals surface area contributed by atoms with Gasteiger partial charge in [0.05, 0.1) is 34.5 Å². The second-order valence-corrected chi connectivity index (χ2v) is 15.3. The summed E-state index contributed by atoms with van der Waals surface area (Å²) in [4.78, 5) is 66.1. The molecule has 6 atom stereocenters. The van der Waals surface area contributed by atoms with E-state index in [0.717, 1.165) is 11.0 Å². The molecule has 0 radical (unpaired) electrons. The number of rotatable bonds is 5. The summed E-state index contributed by atoms with van der Waals surface area (Å²) in [6.07, 6.45) is 2.09. The van der Waals surface area contributed by atoms with Crippen molar-refractivity contribution in [3.8, 4) is 17.2 Å². The fourth-order valence-electron chi connectivity index (χ4n) is 9.86. The third kappa shape index (κ3) is 4.75. The molecule has 4 aliphatic rings. The van der Waals surface area contributed by atoms with Gasteiger partial charge in [0.25, 0.3) is 0 Å². The van der Waals surface area contributed by atoms with Crippen molar-refractivity contribution in [1.82, 2.24) is 4.98 Å². The number of aromatic hydroxyl groups is 1. The number of imide groups is 2. The van der Waals surface area contributed by atoms with Crippen LogP contribution in [0.4, 0.5) is 15.8 Å². The van der Waals surface area contributed by atoms with Crippen LogP contribution in [0, 0.1) is 29.5 Å². The summed E-state index contributed by atoms with van der Waals surface area (Å²) in [5.74, 6) is -7.43. The third-order valence-corrected chi connectivity index (χ3v) is 12.4. The number of hydrogen-bond donors (Lipinski definition) is 1. The summed E-state index contributed by atoms with van der Waals surface area (Å²) in [7, 11) is 0. The average molecular weight is 764 g/mol. The molecule has 5 aromatic carbocycles. The van der Waals surface area contributed by atoms with Crippen molar-refractivity contribution in [2.75, 3.05) is 9.80 Å². The van der Waals surface area contributed by atoms with Gasteiger partial charge >= 0.3 is 0 Å². The number of carbonyl (C=O) groups excluding carboxylic acids is 4. The van der Waals surface area contributed by atoms with Crippen molar-refractivity contribution in [2.24, 2.45) is 23.7 Å². The summed E-state index contributed by atoms with van der Waals surface area (Å²) in [6, 6.07) is 33.7. The SMILES string of the molecule is O=C1[C@H]2[C@H](CC=C3[C@H]2C[C@H]2C(=O)N(c4cccc(Cl)c4)C(=O)[C@@]2(c2ccccc2)[C@H]3c2cccc(F)c2O)C(=O)N1c1ccc(-c2nc3ccccc3o2)cc1. The highest BCUT2D eigenvalue weighted by Crippen LogP contribution is 2.65. The molecule has 1 aromatic heterocycles. The number of aromatic nitrogens is 1. The first-order valence-electron chi connectivity index (χ1n) is 18.4. The normalized spacial score (nSPS) is 25.7. The zero-order valence-electron chi connectivity index (χ0n) is 29.5. The van der Waals surface area contributed by atoms with E-state index in [0.29, 0.717) is 44.4 Å². The lowest BCUT2D eigenvalue weighted by Crippen LogP contribution is -2.53. The number of benzene rings is 5. The van der Waals surface area contributed by atoms with Gasteiger partial charge in [-0.25, -0.2) is 14.3 Å². The Kier molecular flexibility index (Phi) is 7.66. The lowest BCUT2D eigenvalue weighted by molar-refractivity contribution is -0.127. The summed E-state index contributed by atoms with van der Waals surface area (Å²) < 4.78 is 21.3. The van der Waals surface area contributed by atoms with Crippen molar-refractivity contribution in [2.45, 2.75) is 24.2 Å². The fourth-order valence-corrected chi connectivity index (χ4v) is 10.0. The van der Waals surface area contributed by atoms with Gasteiger partial charge in [-0.2, -0.15) is 0 Å². The Labute approximate surface area is 324 Å². The number of amides is 4. The smallest absolute Gasteiger partial charge is 0.246 e. The molecule has 1 N–H and O–H groups in total. The lowest BCUT2D eigenvalue weighted by atomic mass is 9.49. The summed E-state index contributed by atoms with van der Waals surface area (Å²) in [5.41, 5.74) is 2.25. The van der Waals surface area contributed by atoms with E-state index >= 15 is 9.18 Å². The molecule has 2 aliphatic heterocycles. The summed E-state index contributed by atoms with van der Waals surface area (Å²) >= 11 is 6.38. The number of halogens is 2. The molecule has 0 spiro atoms. The molecular formula is C45H31ClFN3O6. The Morgan fingerprint density at radius 1 is 0.768 bits per heavy atom. The van der Waals surface area contributed by atoms with Gasteiger partial charge < -0.3 is 9.52 Å². The lowest BCUT2D eigenvalue weighted by Gasteiger charge is -2.50. The largest absolute Gasteiger partial charge is 0.505 e. The minimum Gasteiger partial charge on any atom is -0.505 e. The molecule has 0 bridgehead atoms. The molecule has 1 saturated carbocycles. The first-order valence-corrected chi connectivity index (χ1v) is 18.8. The van der Waals surface area contributed by atoms with E-state index < -0.39 is 64.3 Å². The van der Waals surface area contributed by atoms with E-state index in [1.807, 2.05) is 30.3 Å². The molecule has 0 unspecified atom stereocenters. The van der Waals surface area contributed by atoms with E-state index in [2.05, 4.69) is 4.98 Å². The summed E-state index contributed by atoms with van der Waals surface area (Å²) in [6.45, 7) is 0. The molecule has 56 heavy (non-hydrogen) atoms. The molecule has 2 aliphatic carbocycles. The number of fused-ring (bicyclic) bond motifs is 5. The summed E-state index contributed by atoms with van der Waals surface area (Å²) in [5, 5.41) is 11.8. The molecular weight excluding hydrogens is 733 g/mol. The highest BCUT2D eigenvalue weighted by atomic mass is 35.5. The number of hydrogen-bond acceptors (Lipinski definition) is 7. The monoisotopic (exact) mass is 763 g/mol. The topological polar surface area (TPSA) is 121 Å². The maximum Gasteiger partial charge on any atom is 0.246 e. The minimum absolute atomic E-state index is 0.0552. The van der Waals surface area contributed by atoms with Gasteiger partial charge in [-0.1, -0.05) is 83.9 Å². The zero-order chi connectivity index (χ0) is 38.5. The maximum absolute atomic E-state index is 15.4. The van der Waals surface area contributed by atoms with E-state index in [-0.39, 0.29) is 30.0 Å². The van der Waals surface area contributed by atoms with E-state index in [4.69, 9.17) is 16.0 Å². The number of anilines is 2. The number of allylic oxidation sites excluding steroid dienone is 2. The van der Waals surface area contributed by atoms with Crippen LogP contribution in [0.25, 0.3) is 22.6 Å². The number of carbonyl (C=O) groups is 4. The second-order valence-electron chi connectivity index (χ2n) is 14.8. The molecule has 6 aromatic rings. The Bertz CT molecular complexity index is 2640. The van der Waals surface area contributed by atoms with Gasteiger partial charge in [0, 0.05) is 22.1 Å². The maximum atomic E-state index is 15.4. The Hall–Kier alpha value is -6.39. The van der Waals surface area contributed by atoms with Crippen LogP contribution in [0.3, 0.4) is 0 Å². The second kappa shape index (κ2) is 12.6. The van der Waals surface area contributed by atoms with Crippen LogP contribution >= 0.6 is 11.6 Å². The molecule has 276 valence electrons. The zero-order valence-corrected chi connectivity index (χ0v) is 30.3. The van der Waals surface area contributed by atoms with E-state index in [1.54, 1.807) is 78.9 Å². The van der Waals surface area contributed by atoms with Crippen LogP contribution in [0.15, 0.2) is 137 Å². The standard InChI is InChI=1S/C45H31ClFN3O6/c46-26-10-6-11-28(22-26)50-42(53)33-23-32-29(38(31-12-7-13-34(47)39(31)51)45(33,44(50)55)25-8-2-1-3-9-25)20-21-30-37(32)43(54)49(41(30)52)27-18-16-24(17-19-27)40-48-35-14-4-5-15-36(35)56-40/h1-20,22,30,32-33,37-38,51H,21,23H2/t30-,32+,33-,37-,38+,45+/m0/s1. The Morgan fingerprint density at radius 3 is 2.29 bits per heavy atom. The van der Waals surface area contributed by atoms with Crippen LogP contribution in [-0.4, -0.2) is 33.7 Å². The minimum atomic E-state index is -1.65. The quantitative estimate of drug-likeness (QED) is 0.138. The van der Waals surface area contributed by atoms with Gasteiger partial charge in [0.15, 0.2) is 17.1 Å². The predicted molar refractivity (Wildman–Crippen MR) is 206 cm³/mol. The first-order chi connectivity index (χ1) is 27.2. The van der Waals surface area contributed by atoms with Crippen molar-refractivity contribution >= 4 is 57.7 Å². The number of para-hydroxylation sites is 3. The van der Waals surface area contributed by atoms with Crippen LogP contribution in [0.2, 0.25) is 5.02 Å². The molecule has 2 saturated heterocycles. The molecule has 3 heterocycles. The van der Waals surface area contributed by atoms with Gasteiger partial charge in [-0.15, -0.1) is 0 Å². The van der Waals surface area contributed by atoms with Crippen LogP contribution in [-0.2, 0) is 24.6 Å². The molecule has 10 rings (SSSR count). The van der Waals surface area contributed by atoms with Crippen LogP contribution in [0.5, 0.6) is 5.75 Å². The molecule has 11 heteroatoms. The molecule has 4 amide bonds. The van der Waals surface area contributed by atoms with Crippen LogP contribution in [0.1, 0.15) is 29.9 Å².